The van der Waals surface area contributed by atoms with Crippen LogP contribution in [-0.4, -0.2) is 19.8 Å². The summed E-state index contributed by atoms with van der Waals surface area (Å²) >= 11 is 12.0. The molecule has 0 amide bonds. The van der Waals surface area contributed by atoms with Gasteiger partial charge < -0.3 is 5.73 Å². The molecule has 3 rings (SSSR count). The average molecular weight is 294 g/mol. The minimum atomic E-state index is 0.381. The Morgan fingerprint density at radius 2 is 1.95 bits per heavy atom. The topological polar surface area (TPSA) is 69.1 Å². The quantitative estimate of drug-likeness (QED) is 0.700. The number of aryl methyl sites for hydroxylation is 1. The Balaban J connectivity index is 2.33. The molecule has 0 fully saturated rings. The van der Waals surface area contributed by atoms with E-state index in [2.05, 4.69) is 15.3 Å². The highest BCUT2D eigenvalue weighted by molar-refractivity contribution is 6.37. The van der Waals surface area contributed by atoms with Gasteiger partial charge in [0.15, 0.2) is 11.5 Å². The van der Waals surface area contributed by atoms with Crippen molar-refractivity contribution in [1.82, 2.24) is 19.8 Å². The Hall–Kier alpha value is -1.85. The molecule has 3 aromatic rings. The maximum atomic E-state index is 6.03. The highest BCUT2D eigenvalue weighted by Crippen LogP contribution is 2.33. The van der Waals surface area contributed by atoms with E-state index in [0.717, 1.165) is 5.69 Å². The van der Waals surface area contributed by atoms with E-state index in [-0.39, 0.29) is 0 Å². The molecule has 19 heavy (non-hydrogen) atoms. The molecule has 2 heterocycles. The van der Waals surface area contributed by atoms with Gasteiger partial charge in [-0.1, -0.05) is 23.2 Å². The molecule has 0 bridgehead atoms. The Morgan fingerprint density at radius 1 is 1.16 bits per heavy atom. The van der Waals surface area contributed by atoms with Crippen LogP contribution in [0.5, 0.6) is 0 Å². The van der Waals surface area contributed by atoms with Crippen LogP contribution in [0.2, 0.25) is 10.0 Å². The van der Waals surface area contributed by atoms with Crippen molar-refractivity contribution in [3.63, 3.8) is 0 Å². The number of fused-ring (bicyclic) bond motifs is 1. The highest BCUT2D eigenvalue weighted by Gasteiger charge is 2.15. The van der Waals surface area contributed by atoms with E-state index in [1.54, 1.807) is 16.6 Å². The normalized spacial score (nSPS) is 11.1. The summed E-state index contributed by atoms with van der Waals surface area (Å²) in [6, 6.07) is 6.98. The van der Waals surface area contributed by atoms with Crippen molar-refractivity contribution < 1.29 is 0 Å². The van der Waals surface area contributed by atoms with Gasteiger partial charge in [-0.3, -0.25) is 0 Å². The van der Waals surface area contributed by atoms with Crippen LogP contribution in [0.1, 0.15) is 5.69 Å². The third kappa shape index (κ3) is 2.01. The van der Waals surface area contributed by atoms with Crippen LogP contribution in [0.25, 0.3) is 17.0 Å². The SMILES string of the molecule is Cc1ccc2nnc(-c3cc(Cl)cc(Cl)c3N)n2n1. The minimum absolute atomic E-state index is 0.381. The summed E-state index contributed by atoms with van der Waals surface area (Å²) in [6.45, 7) is 1.89. The number of aromatic nitrogens is 4. The fraction of sp³-hybridized carbons (Fsp3) is 0.0833. The number of hydrogen-bond acceptors (Lipinski definition) is 4. The van der Waals surface area contributed by atoms with Gasteiger partial charge in [-0.05, 0) is 31.2 Å². The summed E-state index contributed by atoms with van der Waals surface area (Å²) in [6.07, 6.45) is 0. The van der Waals surface area contributed by atoms with E-state index in [0.29, 0.717) is 32.8 Å². The monoisotopic (exact) mass is 293 g/mol. The van der Waals surface area contributed by atoms with Gasteiger partial charge in [-0.2, -0.15) is 9.61 Å². The maximum Gasteiger partial charge on any atom is 0.187 e. The Kier molecular flexibility index (Phi) is 2.80. The molecule has 96 valence electrons. The van der Waals surface area contributed by atoms with E-state index in [1.807, 2.05) is 19.1 Å². The summed E-state index contributed by atoms with van der Waals surface area (Å²) < 4.78 is 1.62. The molecule has 0 radical (unpaired) electrons. The summed E-state index contributed by atoms with van der Waals surface area (Å²) in [7, 11) is 0. The summed E-state index contributed by atoms with van der Waals surface area (Å²) in [5, 5.41) is 13.4. The van der Waals surface area contributed by atoms with Crippen molar-refractivity contribution in [3.8, 4) is 11.4 Å². The molecule has 0 aliphatic rings. The Labute approximate surface area is 119 Å². The predicted molar refractivity (Wildman–Crippen MR) is 75.4 cm³/mol. The van der Waals surface area contributed by atoms with Crippen LogP contribution in [0.3, 0.4) is 0 Å². The van der Waals surface area contributed by atoms with Crippen LogP contribution in [-0.2, 0) is 0 Å². The fourth-order valence-corrected chi connectivity index (χ4v) is 2.31. The standard InChI is InChI=1S/C12H9Cl2N5/c1-6-2-3-10-16-17-12(19(10)18-6)8-4-7(13)5-9(14)11(8)15/h2-5H,15H2,1H3. The summed E-state index contributed by atoms with van der Waals surface area (Å²) in [4.78, 5) is 0. The molecular formula is C12H9Cl2N5. The minimum Gasteiger partial charge on any atom is -0.397 e. The fourth-order valence-electron chi connectivity index (χ4n) is 1.82. The largest absolute Gasteiger partial charge is 0.397 e. The zero-order valence-electron chi connectivity index (χ0n) is 9.93. The lowest BCUT2D eigenvalue weighted by Gasteiger charge is -2.06. The van der Waals surface area contributed by atoms with Crippen LogP contribution < -0.4 is 5.73 Å². The molecule has 1 aromatic carbocycles. The molecule has 7 heteroatoms. The molecule has 5 nitrogen and oxygen atoms in total. The second-order valence-electron chi connectivity index (χ2n) is 4.12. The van der Waals surface area contributed by atoms with Gasteiger partial charge in [-0.15, -0.1) is 10.2 Å². The van der Waals surface area contributed by atoms with Gasteiger partial charge in [0.05, 0.1) is 16.4 Å². The third-order valence-electron chi connectivity index (χ3n) is 2.73. The predicted octanol–water partition coefficient (Wildman–Crippen LogP) is 2.99. The van der Waals surface area contributed by atoms with E-state index >= 15 is 0 Å². The van der Waals surface area contributed by atoms with Gasteiger partial charge >= 0.3 is 0 Å². The summed E-state index contributed by atoms with van der Waals surface area (Å²) in [5.41, 5.74) is 8.48. The number of hydrogen-bond donors (Lipinski definition) is 1. The van der Waals surface area contributed by atoms with Crippen LogP contribution >= 0.6 is 23.2 Å². The second-order valence-corrected chi connectivity index (χ2v) is 4.96. The first-order valence-corrected chi connectivity index (χ1v) is 6.26. The third-order valence-corrected chi connectivity index (χ3v) is 3.26. The molecule has 2 N–H and O–H groups in total. The van der Waals surface area contributed by atoms with E-state index in [1.165, 1.54) is 0 Å². The van der Waals surface area contributed by atoms with Gasteiger partial charge in [0.1, 0.15) is 0 Å². The summed E-state index contributed by atoms with van der Waals surface area (Å²) in [5.74, 6) is 0.514. The van der Waals surface area contributed by atoms with Gasteiger partial charge in [0.2, 0.25) is 0 Å². The smallest absolute Gasteiger partial charge is 0.187 e. The molecule has 2 aromatic heterocycles. The number of rotatable bonds is 1. The molecule has 0 spiro atoms. The number of nitrogen functional groups attached to an aromatic ring is 1. The first kappa shape index (κ1) is 12.2. The molecule has 0 aliphatic heterocycles. The van der Waals surface area contributed by atoms with Crippen molar-refractivity contribution in [3.05, 3.63) is 40.0 Å². The lowest BCUT2D eigenvalue weighted by molar-refractivity contribution is 0.902. The van der Waals surface area contributed by atoms with E-state index < -0.39 is 0 Å². The van der Waals surface area contributed by atoms with Crippen molar-refractivity contribution in [2.45, 2.75) is 6.92 Å². The van der Waals surface area contributed by atoms with Crippen LogP contribution in [0, 0.1) is 6.92 Å². The zero-order chi connectivity index (χ0) is 13.6. The lowest BCUT2D eigenvalue weighted by atomic mass is 10.1. The first-order chi connectivity index (χ1) is 9.06. The Bertz CT molecular complexity index is 781. The lowest BCUT2D eigenvalue weighted by Crippen LogP contribution is -1.99. The van der Waals surface area contributed by atoms with Crippen LogP contribution in [0.4, 0.5) is 5.69 Å². The molecule has 0 saturated carbocycles. The van der Waals surface area contributed by atoms with Crippen molar-refractivity contribution >= 4 is 34.5 Å². The first-order valence-electron chi connectivity index (χ1n) is 5.50. The van der Waals surface area contributed by atoms with Crippen molar-refractivity contribution in [2.75, 3.05) is 5.73 Å². The molecule has 0 unspecified atom stereocenters. The molecule has 0 aliphatic carbocycles. The van der Waals surface area contributed by atoms with Crippen molar-refractivity contribution in [1.29, 1.82) is 0 Å². The van der Waals surface area contributed by atoms with Gasteiger partial charge in [-0.25, -0.2) is 0 Å². The number of anilines is 1. The van der Waals surface area contributed by atoms with Crippen molar-refractivity contribution in [2.24, 2.45) is 0 Å². The second kappa shape index (κ2) is 4.36. The Morgan fingerprint density at radius 3 is 2.74 bits per heavy atom. The number of benzene rings is 1. The number of halogens is 2. The van der Waals surface area contributed by atoms with Gasteiger partial charge in [0, 0.05) is 10.6 Å². The van der Waals surface area contributed by atoms with Crippen LogP contribution in [0.15, 0.2) is 24.3 Å². The highest BCUT2D eigenvalue weighted by atomic mass is 35.5. The zero-order valence-corrected chi connectivity index (χ0v) is 11.4. The molecular weight excluding hydrogens is 285 g/mol. The van der Waals surface area contributed by atoms with Gasteiger partial charge in [0.25, 0.3) is 0 Å². The van der Waals surface area contributed by atoms with E-state index in [9.17, 15) is 0 Å². The number of nitrogens with two attached hydrogens (primary N) is 1. The van der Waals surface area contributed by atoms with E-state index in [4.69, 9.17) is 28.9 Å². The average Bonchev–Trinajstić information content (AvgIpc) is 2.76. The molecule has 0 saturated heterocycles. The number of nitrogens with zero attached hydrogens (tertiary/aromatic N) is 4. The molecule has 0 atom stereocenters. The maximum absolute atomic E-state index is 6.03.